The highest BCUT2D eigenvalue weighted by molar-refractivity contribution is 7.13. The van der Waals surface area contributed by atoms with E-state index in [1.165, 1.54) is 0 Å². The minimum atomic E-state index is -0.711. The number of aryl methyl sites for hydroxylation is 1. The fourth-order valence-electron chi connectivity index (χ4n) is 4.39. The van der Waals surface area contributed by atoms with Crippen molar-refractivity contribution in [1.29, 1.82) is 0 Å². The summed E-state index contributed by atoms with van der Waals surface area (Å²) >= 11 is 1.61. The van der Waals surface area contributed by atoms with E-state index in [4.69, 9.17) is 0 Å². The van der Waals surface area contributed by atoms with Gasteiger partial charge in [-0.25, -0.2) is 4.98 Å². The number of aliphatic hydroxyl groups is 1. The van der Waals surface area contributed by atoms with E-state index < -0.39 is 18.2 Å². The van der Waals surface area contributed by atoms with Crippen LogP contribution in [0.3, 0.4) is 0 Å². The molecule has 0 saturated carbocycles. The molecule has 1 aromatic carbocycles. The Morgan fingerprint density at radius 1 is 1.18 bits per heavy atom. The Bertz CT molecular complexity index is 996. The molecule has 1 aliphatic heterocycles. The van der Waals surface area contributed by atoms with E-state index in [0.717, 1.165) is 21.7 Å². The second-order valence-electron chi connectivity index (χ2n) is 10.6. The van der Waals surface area contributed by atoms with Gasteiger partial charge in [-0.15, -0.1) is 11.3 Å². The topological polar surface area (TPSA) is 94.6 Å². The molecule has 1 unspecified atom stereocenters. The van der Waals surface area contributed by atoms with Crippen molar-refractivity contribution in [2.24, 2.45) is 5.41 Å². The Morgan fingerprint density at radius 3 is 2.35 bits per heavy atom. The molecule has 1 aliphatic rings. The highest BCUT2D eigenvalue weighted by Crippen LogP contribution is 2.29. The summed E-state index contributed by atoms with van der Waals surface area (Å²) in [7, 11) is 0. The monoisotopic (exact) mass is 486 g/mol. The number of aromatic nitrogens is 1. The number of nitrogens with zero attached hydrogens (tertiary/aromatic N) is 2. The summed E-state index contributed by atoms with van der Waals surface area (Å²) in [6.07, 6.45) is -0.469. The maximum atomic E-state index is 13.5. The summed E-state index contributed by atoms with van der Waals surface area (Å²) in [5.74, 6) is -0.383. The lowest BCUT2D eigenvalue weighted by Crippen LogP contribution is -2.57. The van der Waals surface area contributed by atoms with Gasteiger partial charge in [0.1, 0.15) is 6.04 Å². The van der Waals surface area contributed by atoms with E-state index >= 15 is 0 Å². The minimum Gasteiger partial charge on any atom is -0.391 e. The normalized spacial score (nSPS) is 20.4. The van der Waals surface area contributed by atoms with E-state index in [1.54, 1.807) is 16.2 Å². The highest BCUT2D eigenvalue weighted by atomic mass is 32.1. The molecule has 2 amide bonds. The number of β-amino-alcohol motifs (C(OH)–C–C–N with tert-alkyl or cyclic N) is 1. The smallest absolute Gasteiger partial charge is 0.243 e. The van der Waals surface area contributed by atoms with Gasteiger partial charge in [0.05, 0.1) is 34.3 Å². The lowest BCUT2D eigenvalue weighted by atomic mass is 9.85. The Labute approximate surface area is 207 Å². The summed E-state index contributed by atoms with van der Waals surface area (Å²) in [5.41, 5.74) is 4.59. The number of aliphatic hydroxyl groups excluding tert-OH is 1. The van der Waals surface area contributed by atoms with Crippen LogP contribution in [0.25, 0.3) is 10.4 Å². The molecule has 1 aromatic heterocycles. The predicted molar refractivity (Wildman–Crippen MR) is 136 cm³/mol. The van der Waals surface area contributed by atoms with Gasteiger partial charge >= 0.3 is 0 Å². The SMILES string of the molecule is Cc1ncsc1-c1ccc([C@H](C)NC(=O)[C@@H]2C[C@@H](O)CN2C(=O)C(NC(C)C)C(C)(C)C)cc1. The number of rotatable bonds is 7. The first-order valence-electron chi connectivity index (χ1n) is 11.9. The molecular weight excluding hydrogens is 448 g/mol. The summed E-state index contributed by atoms with van der Waals surface area (Å²) in [6.45, 7) is 14.1. The summed E-state index contributed by atoms with van der Waals surface area (Å²) in [4.78, 5) is 33.7. The van der Waals surface area contributed by atoms with Gasteiger partial charge in [-0.05, 0) is 30.4 Å². The molecule has 0 bridgehead atoms. The van der Waals surface area contributed by atoms with E-state index in [9.17, 15) is 14.7 Å². The molecule has 7 nitrogen and oxygen atoms in total. The zero-order valence-corrected chi connectivity index (χ0v) is 22.1. The number of hydrogen-bond donors (Lipinski definition) is 3. The predicted octanol–water partition coefficient (Wildman–Crippen LogP) is 3.67. The van der Waals surface area contributed by atoms with Crippen molar-refractivity contribution in [2.75, 3.05) is 6.54 Å². The van der Waals surface area contributed by atoms with Gasteiger partial charge in [0.2, 0.25) is 11.8 Å². The molecule has 3 N–H and O–H groups in total. The van der Waals surface area contributed by atoms with Crippen molar-refractivity contribution in [1.82, 2.24) is 20.5 Å². The number of nitrogens with one attached hydrogen (secondary N) is 2. The van der Waals surface area contributed by atoms with Crippen molar-refractivity contribution in [3.63, 3.8) is 0 Å². The molecule has 0 radical (unpaired) electrons. The molecule has 186 valence electrons. The second-order valence-corrected chi connectivity index (χ2v) is 11.5. The van der Waals surface area contributed by atoms with Crippen LogP contribution in [0.1, 0.15) is 65.3 Å². The van der Waals surface area contributed by atoms with Crippen molar-refractivity contribution in [3.8, 4) is 10.4 Å². The highest BCUT2D eigenvalue weighted by Gasteiger charge is 2.44. The van der Waals surface area contributed by atoms with Crippen LogP contribution in [0.4, 0.5) is 0 Å². The second kappa shape index (κ2) is 10.5. The van der Waals surface area contributed by atoms with Gasteiger partial charge in [-0.3, -0.25) is 9.59 Å². The molecule has 4 atom stereocenters. The standard InChI is InChI=1S/C26H38N4O3S/c1-15(2)28-23(26(5,6)7)25(33)30-13-20(31)12-21(30)24(32)29-16(3)18-8-10-19(11-9-18)22-17(4)27-14-34-22/h8-11,14-16,20-21,23,28,31H,12-13H2,1-7H3,(H,29,32)/t16-,20+,21-,23?/m0/s1. The van der Waals surface area contributed by atoms with Crippen LogP contribution >= 0.6 is 11.3 Å². The third-order valence-corrected chi connectivity index (χ3v) is 7.23. The van der Waals surface area contributed by atoms with Gasteiger partial charge in [0.15, 0.2) is 0 Å². The van der Waals surface area contributed by atoms with Gasteiger partial charge in [-0.1, -0.05) is 58.9 Å². The number of hydrogen-bond acceptors (Lipinski definition) is 6. The summed E-state index contributed by atoms with van der Waals surface area (Å²) < 4.78 is 0. The van der Waals surface area contributed by atoms with E-state index in [2.05, 4.69) is 15.6 Å². The summed E-state index contributed by atoms with van der Waals surface area (Å²) in [5, 5.41) is 16.7. The van der Waals surface area contributed by atoms with E-state index in [-0.39, 0.29) is 42.3 Å². The Hall–Kier alpha value is -2.29. The first-order valence-corrected chi connectivity index (χ1v) is 12.8. The average molecular weight is 487 g/mol. The lowest BCUT2D eigenvalue weighted by molar-refractivity contribution is -0.142. The molecule has 3 rings (SSSR count). The number of likely N-dealkylation sites (tertiary alicyclic amines) is 1. The van der Waals surface area contributed by atoms with Crippen LogP contribution in [-0.2, 0) is 9.59 Å². The Kier molecular flexibility index (Phi) is 8.16. The van der Waals surface area contributed by atoms with Gasteiger partial charge < -0.3 is 20.6 Å². The number of thiazole rings is 1. The molecule has 1 fully saturated rings. The van der Waals surface area contributed by atoms with Crippen LogP contribution in [0.2, 0.25) is 0 Å². The van der Waals surface area contributed by atoms with Gasteiger partial charge in [0, 0.05) is 19.0 Å². The number of benzene rings is 1. The fraction of sp³-hybridized carbons (Fsp3) is 0.577. The van der Waals surface area contributed by atoms with Crippen LogP contribution < -0.4 is 10.6 Å². The molecule has 1 saturated heterocycles. The molecule has 8 heteroatoms. The Morgan fingerprint density at radius 2 is 1.82 bits per heavy atom. The summed E-state index contributed by atoms with van der Waals surface area (Å²) in [6, 6.07) is 6.84. The number of amides is 2. The lowest BCUT2D eigenvalue weighted by Gasteiger charge is -2.36. The first kappa shape index (κ1) is 26.3. The van der Waals surface area contributed by atoms with Gasteiger partial charge in [-0.2, -0.15) is 0 Å². The number of carbonyl (C=O) groups excluding carboxylic acids is 2. The van der Waals surface area contributed by atoms with Crippen LogP contribution in [0.15, 0.2) is 29.8 Å². The largest absolute Gasteiger partial charge is 0.391 e. The minimum absolute atomic E-state index is 0.115. The quantitative estimate of drug-likeness (QED) is 0.555. The van der Waals surface area contributed by atoms with Crippen molar-refractivity contribution in [3.05, 3.63) is 41.0 Å². The maximum absolute atomic E-state index is 13.5. The fourth-order valence-corrected chi connectivity index (χ4v) is 5.20. The van der Waals surface area contributed by atoms with E-state index in [1.807, 2.05) is 78.2 Å². The van der Waals surface area contributed by atoms with Crippen molar-refractivity contribution < 1.29 is 14.7 Å². The molecule has 2 aromatic rings. The number of carbonyl (C=O) groups is 2. The zero-order valence-electron chi connectivity index (χ0n) is 21.3. The molecule has 34 heavy (non-hydrogen) atoms. The third-order valence-electron chi connectivity index (χ3n) is 6.25. The molecule has 0 aliphatic carbocycles. The third kappa shape index (κ3) is 6.03. The van der Waals surface area contributed by atoms with Gasteiger partial charge in [0.25, 0.3) is 0 Å². The molecule has 0 spiro atoms. The van der Waals surface area contributed by atoms with Crippen LogP contribution in [0.5, 0.6) is 0 Å². The Balaban J connectivity index is 1.72. The van der Waals surface area contributed by atoms with E-state index in [0.29, 0.717) is 0 Å². The molecular formula is C26H38N4O3S. The molecule has 2 heterocycles. The van der Waals surface area contributed by atoms with Crippen LogP contribution in [-0.4, -0.2) is 57.6 Å². The zero-order chi connectivity index (χ0) is 25.2. The maximum Gasteiger partial charge on any atom is 0.243 e. The van der Waals surface area contributed by atoms with Crippen molar-refractivity contribution >= 4 is 23.2 Å². The van der Waals surface area contributed by atoms with Crippen LogP contribution in [0, 0.1) is 12.3 Å². The average Bonchev–Trinajstić information content (AvgIpc) is 3.36. The first-order chi connectivity index (χ1) is 15.9. The van der Waals surface area contributed by atoms with Crippen molar-refractivity contribution in [2.45, 2.75) is 85.2 Å².